The van der Waals surface area contributed by atoms with Crippen molar-refractivity contribution in [3.63, 3.8) is 0 Å². The van der Waals surface area contributed by atoms with Crippen molar-refractivity contribution in [1.29, 1.82) is 0 Å². The summed E-state index contributed by atoms with van der Waals surface area (Å²) < 4.78 is 16.5. The van der Waals surface area contributed by atoms with Crippen LogP contribution in [-0.4, -0.2) is 32.2 Å². The van der Waals surface area contributed by atoms with Crippen molar-refractivity contribution in [1.82, 2.24) is 4.98 Å². The van der Waals surface area contributed by atoms with Crippen LogP contribution in [-0.2, 0) is 10.8 Å². The number of nitro benzene ring substituents is 1. The Labute approximate surface area is 118 Å². The molecule has 0 saturated carbocycles. The van der Waals surface area contributed by atoms with Crippen molar-refractivity contribution in [2.24, 2.45) is 0 Å². The first-order chi connectivity index (χ1) is 9.45. The molecular formula is C12H15N3O4S. The van der Waals surface area contributed by atoms with Crippen molar-refractivity contribution in [2.75, 3.05) is 17.3 Å². The minimum Gasteiger partial charge on any atom is -0.423 e. The fourth-order valence-corrected chi connectivity index (χ4v) is 2.40. The average molecular weight is 297 g/mol. The predicted octanol–water partition coefficient (Wildman–Crippen LogP) is 2.31. The lowest BCUT2D eigenvalue weighted by Crippen LogP contribution is -2.17. The summed E-state index contributed by atoms with van der Waals surface area (Å²) in [5.74, 6) is 0.597. The Morgan fingerprint density at radius 2 is 2.30 bits per heavy atom. The number of hydrogen-bond donors (Lipinski definition) is 1. The SMILES string of the molecule is CC(CCS(C)=O)Nc1nc2ccc([N+](=O)[O-])cc2o1. The number of rotatable bonds is 6. The van der Waals surface area contributed by atoms with Gasteiger partial charge in [0.2, 0.25) is 0 Å². The Morgan fingerprint density at radius 3 is 2.95 bits per heavy atom. The smallest absolute Gasteiger partial charge is 0.295 e. The Bertz CT molecular complexity index is 655. The third-order valence-corrected chi connectivity index (χ3v) is 3.60. The van der Waals surface area contributed by atoms with Gasteiger partial charge in [-0.25, -0.2) is 0 Å². The number of aromatic nitrogens is 1. The molecule has 0 fully saturated rings. The zero-order valence-corrected chi connectivity index (χ0v) is 12.0. The molecule has 2 unspecified atom stereocenters. The molecule has 0 amide bonds. The molecular weight excluding hydrogens is 282 g/mol. The van der Waals surface area contributed by atoms with Crippen LogP contribution in [0.3, 0.4) is 0 Å². The Balaban J connectivity index is 2.11. The zero-order chi connectivity index (χ0) is 14.7. The second kappa shape index (κ2) is 6.00. The molecule has 8 heteroatoms. The molecule has 0 radical (unpaired) electrons. The minimum absolute atomic E-state index is 0.0328. The van der Waals surface area contributed by atoms with Gasteiger partial charge in [0.15, 0.2) is 5.58 Å². The van der Waals surface area contributed by atoms with E-state index in [1.165, 1.54) is 12.1 Å². The first-order valence-electron chi connectivity index (χ1n) is 6.07. The largest absolute Gasteiger partial charge is 0.423 e. The number of nitrogens with one attached hydrogen (secondary N) is 1. The van der Waals surface area contributed by atoms with Crippen LogP contribution in [0.25, 0.3) is 11.1 Å². The van der Waals surface area contributed by atoms with E-state index in [0.29, 0.717) is 22.9 Å². The number of oxazole rings is 1. The fraction of sp³-hybridized carbons (Fsp3) is 0.417. The summed E-state index contributed by atoms with van der Waals surface area (Å²) >= 11 is 0. The predicted molar refractivity (Wildman–Crippen MR) is 77.3 cm³/mol. The van der Waals surface area contributed by atoms with Gasteiger partial charge >= 0.3 is 0 Å². The summed E-state index contributed by atoms with van der Waals surface area (Å²) in [6.07, 6.45) is 2.38. The fourth-order valence-electron chi connectivity index (χ4n) is 1.71. The van der Waals surface area contributed by atoms with Crippen molar-refractivity contribution >= 4 is 33.6 Å². The maximum absolute atomic E-state index is 11.0. The molecule has 2 rings (SSSR count). The van der Waals surface area contributed by atoms with E-state index in [2.05, 4.69) is 10.3 Å². The lowest BCUT2D eigenvalue weighted by Gasteiger charge is -2.10. The Morgan fingerprint density at radius 1 is 1.55 bits per heavy atom. The molecule has 1 aromatic carbocycles. The number of anilines is 1. The first kappa shape index (κ1) is 14.4. The number of nitrogens with zero attached hydrogens (tertiary/aromatic N) is 2. The minimum atomic E-state index is -0.833. The molecule has 1 heterocycles. The molecule has 2 atom stereocenters. The number of benzene rings is 1. The summed E-state index contributed by atoms with van der Waals surface area (Å²) in [4.78, 5) is 14.4. The van der Waals surface area contributed by atoms with Crippen molar-refractivity contribution in [3.05, 3.63) is 28.3 Å². The second-order valence-corrected chi connectivity index (χ2v) is 6.09. The highest BCUT2D eigenvalue weighted by molar-refractivity contribution is 7.84. The van der Waals surface area contributed by atoms with Gasteiger partial charge in [0.05, 0.1) is 11.0 Å². The average Bonchev–Trinajstić information content (AvgIpc) is 2.77. The molecule has 7 nitrogen and oxygen atoms in total. The van der Waals surface area contributed by atoms with E-state index in [1.54, 1.807) is 12.3 Å². The summed E-state index contributed by atoms with van der Waals surface area (Å²) in [6.45, 7) is 1.93. The van der Waals surface area contributed by atoms with E-state index in [1.807, 2.05) is 6.92 Å². The molecule has 0 aliphatic carbocycles. The molecule has 0 spiro atoms. The molecule has 0 bridgehead atoms. The van der Waals surface area contributed by atoms with E-state index in [4.69, 9.17) is 4.42 Å². The topological polar surface area (TPSA) is 98.3 Å². The van der Waals surface area contributed by atoms with Gasteiger partial charge in [-0.05, 0) is 19.4 Å². The van der Waals surface area contributed by atoms with Gasteiger partial charge in [-0.2, -0.15) is 4.98 Å². The van der Waals surface area contributed by atoms with Crippen LogP contribution in [0.2, 0.25) is 0 Å². The van der Waals surface area contributed by atoms with E-state index in [-0.39, 0.29) is 11.7 Å². The third kappa shape index (κ3) is 3.53. The maximum atomic E-state index is 11.0. The molecule has 108 valence electrons. The van der Waals surface area contributed by atoms with Crippen molar-refractivity contribution in [3.8, 4) is 0 Å². The van der Waals surface area contributed by atoms with Crippen molar-refractivity contribution in [2.45, 2.75) is 19.4 Å². The van der Waals surface area contributed by atoms with Crippen LogP contribution in [0, 0.1) is 10.1 Å². The molecule has 1 aromatic heterocycles. The highest BCUT2D eigenvalue weighted by atomic mass is 32.2. The van der Waals surface area contributed by atoms with Gasteiger partial charge in [-0.3, -0.25) is 14.3 Å². The lowest BCUT2D eigenvalue weighted by molar-refractivity contribution is -0.384. The van der Waals surface area contributed by atoms with Gasteiger partial charge in [0, 0.05) is 34.9 Å². The molecule has 20 heavy (non-hydrogen) atoms. The molecule has 0 saturated heterocycles. The second-order valence-electron chi connectivity index (χ2n) is 4.54. The first-order valence-corrected chi connectivity index (χ1v) is 7.80. The molecule has 0 aliphatic heterocycles. The number of fused-ring (bicyclic) bond motifs is 1. The molecule has 2 aromatic rings. The van der Waals surface area contributed by atoms with Crippen LogP contribution >= 0.6 is 0 Å². The van der Waals surface area contributed by atoms with E-state index in [9.17, 15) is 14.3 Å². The van der Waals surface area contributed by atoms with Crippen LogP contribution in [0.15, 0.2) is 22.6 Å². The third-order valence-electron chi connectivity index (χ3n) is 2.79. The highest BCUT2D eigenvalue weighted by Crippen LogP contribution is 2.24. The normalized spacial score (nSPS) is 14.1. The van der Waals surface area contributed by atoms with Crippen LogP contribution in [0.4, 0.5) is 11.7 Å². The van der Waals surface area contributed by atoms with Crippen molar-refractivity contribution < 1.29 is 13.5 Å². The van der Waals surface area contributed by atoms with E-state index in [0.717, 1.165) is 6.42 Å². The van der Waals surface area contributed by atoms with E-state index >= 15 is 0 Å². The van der Waals surface area contributed by atoms with Gasteiger partial charge < -0.3 is 9.73 Å². The number of nitro groups is 1. The highest BCUT2D eigenvalue weighted by Gasteiger charge is 2.13. The van der Waals surface area contributed by atoms with Gasteiger partial charge in [-0.1, -0.05) is 0 Å². The summed E-state index contributed by atoms with van der Waals surface area (Å²) in [5, 5.41) is 13.7. The molecule has 0 aliphatic rings. The van der Waals surface area contributed by atoms with Gasteiger partial charge in [0.25, 0.3) is 11.7 Å². The van der Waals surface area contributed by atoms with Crippen LogP contribution < -0.4 is 5.32 Å². The van der Waals surface area contributed by atoms with Gasteiger partial charge in [-0.15, -0.1) is 0 Å². The number of hydrogen-bond acceptors (Lipinski definition) is 6. The van der Waals surface area contributed by atoms with Crippen LogP contribution in [0.5, 0.6) is 0 Å². The lowest BCUT2D eigenvalue weighted by atomic mass is 10.3. The van der Waals surface area contributed by atoms with Crippen LogP contribution in [0.1, 0.15) is 13.3 Å². The van der Waals surface area contributed by atoms with Gasteiger partial charge in [0.1, 0.15) is 5.52 Å². The maximum Gasteiger partial charge on any atom is 0.295 e. The Hall–Kier alpha value is -1.96. The quantitative estimate of drug-likeness (QED) is 0.649. The molecule has 1 N–H and O–H groups in total. The monoisotopic (exact) mass is 297 g/mol. The summed E-state index contributed by atoms with van der Waals surface area (Å²) in [5.41, 5.74) is 0.895. The Kier molecular flexibility index (Phi) is 4.33. The zero-order valence-electron chi connectivity index (χ0n) is 11.2. The van der Waals surface area contributed by atoms with E-state index < -0.39 is 15.7 Å². The number of non-ortho nitro benzene ring substituents is 1. The summed E-state index contributed by atoms with van der Waals surface area (Å²) in [6, 6.07) is 4.66. The standard InChI is InChI=1S/C12H15N3O4S/c1-8(5-6-20(2)18)13-12-14-10-4-3-9(15(16)17)7-11(10)19-12/h3-4,7-8H,5-6H2,1-2H3,(H,13,14). The summed E-state index contributed by atoms with van der Waals surface area (Å²) in [7, 11) is -0.833.